The van der Waals surface area contributed by atoms with Crippen LogP contribution in [-0.4, -0.2) is 42.3 Å². The third-order valence-electron chi connectivity index (χ3n) is 7.30. The predicted molar refractivity (Wildman–Crippen MR) is 158 cm³/mol. The molecule has 1 aliphatic heterocycles. The summed E-state index contributed by atoms with van der Waals surface area (Å²) in [6, 6.07) is 29.6. The Balaban J connectivity index is 1.30. The topological polar surface area (TPSA) is 74.7 Å². The molecule has 3 aromatic rings. The molecule has 1 fully saturated rings. The van der Waals surface area contributed by atoms with Gasteiger partial charge in [-0.3, -0.25) is 5.41 Å². The van der Waals surface area contributed by atoms with Crippen LogP contribution in [-0.2, 0) is 10.2 Å². The summed E-state index contributed by atoms with van der Waals surface area (Å²) in [5, 5.41) is 7.72. The van der Waals surface area contributed by atoms with Gasteiger partial charge in [0.05, 0.1) is 11.8 Å². The molecule has 0 radical (unpaired) electrons. The van der Waals surface area contributed by atoms with Crippen LogP contribution in [0.25, 0.3) is 0 Å². The predicted octanol–water partition coefficient (Wildman–Crippen LogP) is 6.72. The Kier molecular flexibility index (Phi) is 9.48. The first-order chi connectivity index (χ1) is 18.3. The van der Waals surface area contributed by atoms with Crippen molar-refractivity contribution in [2.24, 2.45) is 10.7 Å². The Hall–Kier alpha value is -3.28. The number of rotatable bonds is 9. The molecule has 5 nitrogen and oxygen atoms in total. The van der Waals surface area contributed by atoms with Crippen LogP contribution in [0.1, 0.15) is 74.8 Å². The first-order valence-corrected chi connectivity index (χ1v) is 13.8. The third kappa shape index (κ3) is 7.86. The summed E-state index contributed by atoms with van der Waals surface area (Å²) in [4.78, 5) is 6.89. The fourth-order valence-electron chi connectivity index (χ4n) is 5.11. The van der Waals surface area contributed by atoms with Crippen molar-refractivity contribution in [1.82, 2.24) is 4.90 Å². The number of likely N-dealkylation sites (tertiary alicyclic amines) is 1. The Labute approximate surface area is 228 Å². The number of nitrogens with two attached hydrogens (primary N) is 1. The molecular weight excluding hydrogens is 468 g/mol. The highest BCUT2D eigenvalue weighted by Crippen LogP contribution is 2.30. The van der Waals surface area contributed by atoms with E-state index in [1.807, 2.05) is 0 Å². The minimum atomic E-state index is -0.135. The average Bonchev–Trinajstić information content (AvgIpc) is 2.92. The third-order valence-corrected chi connectivity index (χ3v) is 7.30. The molecule has 1 heterocycles. The molecule has 3 N–H and O–H groups in total. The maximum absolute atomic E-state index is 7.72. The molecule has 0 spiro atoms. The zero-order chi connectivity index (χ0) is 27.0. The van der Waals surface area contributed by atoms with E-state index in [1.54, 1.807) is 0 Å². The van der Waals surface area contributed by atoms with Crippen molar-refractivity contribution in [2.45, 2.75) is 64.1 Å². The normalized spacial score (nSPS) is 15.6. The number of nitrogens with one attached hydrogen (secondary N) is 1. The van der Waals surface area contributed by atoms with Gasteiger partial charge in [-0.05, 0) is 59.9 Å². The summed E-state index contributed by atoms with van der Waals surface area (Å²) < 4.78 is 6.71. The van der Waals surface area contributed by atoms with Crippen LogP contribution in [0.15, 0.2) is 89.9 Å². The quantitative estimate of drug-likeness (QED) is 0.248. The van der Waals surface area contributed by atoms with Gasteiger partial charge in [0.1, 0.15) is 6.10 Å². The highest BCUT2D eigenvalue weighted by Gasteiger charge is 2.24. The lowest BCUT2D eigenvalue weighted by atomic mass is 9.86. The van der Waals surface area contributed by atoms with Crippen molar-refractivity contribution in [2.75, 3.05) is 19.6 Å². The number of nitrogens with zero attached hydrogens (tertiary/aromatic N) is 2. The molecule has 0 bridgehead atoms. The maximum Gasteiger partial charge on any atom is 0.212 e. The number of hydrogen-bond acceptors (Lipinski definition) is 3. The second-order valence-electron chi connectivity index (χ2n) is 11.3. The van der Waals surface area contributed by atoms with E-state index in [4.69, 9.17) is 15.9 Å². The van der Waals surface area contributed by atoms with E-state index in [1.165, 1.54) is 16.7 Å². The highest BCUT2D eigenvalue weighted by atomic mass is 16.5. The van der Waals surface area contributed by atoms with Gasteiger partial charge < -0.3 is 15.4 Å². The molecule has 38 heavy (non-hydrogen) atoms. The first-order valence-electron chi connectivity index (χ1n) is 13.8. The zero-order valence-corrected chi connectivity index (χ0v) is 23.1. The maximum atomic E-state index is 7.72. The molecule has 0 aliphatic carbocycles. The van der Waals surface area contributed by atoms with Gasteiger partial charge in [0.2, 0.25) is 5.96 Å². The smallest absolute Gasteiger partial charge is 0.212 e. The van der Waals surface area contributed by atoms with E-state index >= 15 is 0 Å². The molecule has 4 rings (SSSR count). The minimum absolute atomic E-state index is 0.0380. The lowest BCUT2D eigenvalue weighted by molar-refractivity contribution is -0.0269. The fourth-order valence-corrected chi connectivity index (χ4v) is 5.11. The van der Waals surface area contributed by atoms with Crippen molar-refractivity contribution >= 4 is 11.7 Å². The van der Waals surface area contributed by atoms with E-state index in [-0.39, 0.29) is 23.6 Å². The van der Waals surface area contributed by atoms with Crippen LogP contribution in [0.2, 0.25) is 0 Å². The number of benzene rings is 3. The largest absolute Gasteiger partial charge is 0.368 e. The van der Waals surface area contributed by atoms with Crippen molar-refractivity contribution in [3.8, 4) is 0 Å². The van der Waals surface area contributed by atoms with Crippen LogP contribution in [0.5, 0.6) is 0 Å². The average molecular weight is 511 g/mol. The van der Waals surface area contributed by atoms with Crippen molar-refractivity contribution in [1.29, 1.82) is 5.41 Å². The summed E-state index contributed by atoms with van der Waals surface area (Å²) in [6.45, 7) is 9.70. The highest BCUT2D eigenvalue weighted by molar-refractivity contribution is 6.06. The Morgan fingerprint density at radius 1 is 0.921 bits per heavy atom. The molecule has 0 saturated carbocycles. The second kappa shape index (κ2) is 13.0. The molecule has 0 unspecified atom stereocenters. The molecule has 5 heteroatoms. The Morgan fingerprint density at radius 2 is 1.47 bits per heavy atom. The number of guanidine groups is 1. The standard InChI is InChI=1S/C33H42N4O/c1-33(2,3)28-18-16-25(17-19-28)30(36-32(34)35)15-10-22-37-23-20-29(21-24-37)38-31(26-11-6-4-7-12-26)27-13-8-5-9-14-27/h4-9,11-14,16-19,29,31H,10,15,20-24H2,1-3H3,(H3,34,35)/b36-30-. The van der Waals surface area contributed by atoms with E-state index in [0.29, 0.717) is 0 Å². The van der Waals surface area contributed by atoms with Crippen LogP contribution in [0.4, 0.5) is 0 Å². The molecule has 1 saturated heterocycles. The zero-order valence-electron chi connectivity index (χ0n) is 23.1. The van der Waals surface area contributed by atoms with Gasteiger partial charge in [-0.15, -0.1) is 0 Å². The summed E-state index contributed by atoms with van der Waals surface area (Å²) in [5.41, 5.74) is 11.4. The van der Waals surface area contributed by atoms with Crippen LogP contribution in [0.3, 0.4) is 0 Å². The van der Waals surface area contributed by atoms with Crippen LogP contribution >= 0.6 is 0 Å². The summed E-state index contributed by atoms with van der Waals surface area (Å²) >= 11 is 0. The SMILES string of the molecule is CC(C)(C)c1ccc(/C(CCCN2CCC(OC(c3ccccc3)c3ccccc3)CC2)=N\C(=N)N)cc1. The van der Waals surface area contributed by atoms with E-state index in [9.17, 15) is 0 Å². The molecular formula is C33H42N4O. The summed E-state index contributed by atoms with van der Waals surface area (Å²) in [5.74, 6) is -0.135. The van der Waals surface area contributed by atoms with E-state index < -0.39 is 0 Å². The van der Waals surface area contributed by atoms with Gasteiger partial charge in [0.25, 0.3) is 0 Å². The van der Waals surface area contributed by atoms with E-state index in [2.05, 4.69) is 116 Å². The van der Waals surface area contributed by atoms with Crippen molar-refractivity contribution in [3.63, 3.8) is 0 Å². The molecule has 200 valence electrons. The monoisotopic (exact) mass is 510 g/mol. The Bertz CT molecular complexity index is 1140. The minimum Gasteiger partial charge on any atom is -0.368 e. The van der Waals surface area contributed by atoms with Gasteiger partial charge in [0.15, 0.2) is 0 Å². The molecule has 0 atom stereocenters. The van der Waals surface area contributed by atoms with Gasteiger partial charge in [0, 0.05) is 13.1 Å². The molecule has 0 amide bonds. The Morgan fingerprint density at radius 3 is 1.97 bits per heavy atom. The second-order valence-corrected chi connectivity index (χ2v) is 11.3. The van der Waals surface area contributed by atoms with E-state index in [0.717, 1.165) is 56.6 Å². The summed E-state index contributed by atoms with van der Waals surface area (Å²) in [7, 11) is 0. The number of piperidine rings is 1. The summed E-state index contributed by atoms with van der Waals surface area (Å²) in [6.07, 6.45) is 4.04. The fraction of sp³-hybridized carbons (Fsp3) is 0.394. The van der Waals surface area contributed by atoms with Crippen LogP contribution < -0.4 is 5.73 Å². The van der Waals surface area contributed by atoms with Gasteiger partial charge in [-0.25, -0.2) is 4.99 Å². The van der Waals surface area contributed by atoms with Crippen molar-refractivity contribution in [3.05, 3.63) is 107 Å². The molecule has 0 aromatic heterocycles. The lowest BCUT2D eigenvalue weighted by Gasteiger charge is -2.34. The van der Waals surface area contributed by atoms with Crippen LogP contribution in [0, 0.1) is 5.41 Å². The number of hydrogen-bond donors (Lipinski definition) is 2. The van der Waals surface area contributed by atoms with Gasteiger partial charge >= 0.3 is 0 Å². The first kappa shape index (κ1) is 27.7. The number of ether oxygens (including phenoxy) is 1. The molecule has 1 aliphatic rings. The molecule has 3 aromatic carbocycles. The van der Waals surface area contributed by atoms with Gasteiger partial charge in [-0.1, -0.05) is 106 Å². The van der Waals surface area contributed by atoms with Crippen molar-refractivity contribution < 1.29 is 4.74 Å². The number of aliphatic imine (C=N–C) groups is 1. The van der Waals surface area contributed by atoms with Gasteiger partial charge in [-0.2, -0.15) is 0 Å². The lowest BCUT2D eigenvalue weighted by Crippen LogP contribution is -2.38.